The van der Waals surface area contributed by atoms with Gasteiger partial charge in [-0.1, -0.05) is 11.8 Å². The Balaban J connectivity index is 1.77. The number of anilines is 1. The highest BCUT2D eigenvalue weighted by Crippen LogP contribution is 2.40. The lowest BCUT2D eigenvalue weighted by atomic mass is 10.0. The van der Waals surface area contributed by atoms with Crippen LogP contribution in [0.3, 0.4) is 0 Å². The average Bonchev–Trinajstić information content (AvgIpc) is 3.30. The van der Waals surface area contributed by atoms with Crippen LogP contribution in [-0.4, -0.2) is 42.3 Å². The van der Waals surface area contributed by atoms with Crippen molar-refractivity contribution in [1.29, 1.82) is 0 Å². The fourth-order valence-corrected chi connectivity index (χ4v) is 5.18. The van der Waals surface area contributed by atoms with Crippen molar-refractivity contribution < 1.29 is 23.1 Å². The van der Waals surface area contributed by atoms with E-state index in [1.807, 2.05) is 12.3 Å². The number of benzene rings is 1. The highest BCUT2D eigenvalue weighted by Gasteiger charge is 2.34. The molecular formula is C17H18FNO4S2. The molecule has 2 aromatic rings. The molecule has 25 heavy (non-hydrogen) atoms. The number of amides is 1. The third-order valence-electron chi connectivity index (χ3n) is 4.46. The number of hydrogen-bond donors (Lipinski definition) is 0. The summed E-state index contributed by atoms with van der Waals surface area (Å²) < 4.78 is 31.3. The Hall–Kier alpha value is -1.22. The molecule has 1 aromatic carbocycles. The van der Waals surface area contributed by atoms with Gasteiger partial charge in [0.2, 0.25) is 0 Å². The summed E-state index contributed by atoms with van der Waals surface area (Å²) in [7, 11) is 0. The van der Waals surface area contributed by atoms with E-state index < -0.39 is 12.1 Å². The van der Waals surface area contributed by atoms with Gasteiger partial charge in [-0.25, -0.2) is 4.39 Å². The Bertz CT molecular complexity index is 819. The molecule has 0 radical (unpaired) electrons. The van der Waals surface area contributed by atoms with Gasteiger partial charge in [-0.15, -0.1) is 0 Å². The molecule has 0 saturated carbocycles. The topological polar surface area (TPSA) is 51.9 Å². The zero-order valence-electron chi connectivity index (χ0n) is 13.9. The smallest absolute Gasteiger partial charge is 0.286 e. The third kappa shape index (κ3) is 2.95. The van der Waals surface area contributed by atoms with Crippen molar-refractivity contribution in [2.24, 2.45) is 0 Å². The first kappa shape index (κ1) is 17.2. The van der Waals surface area contributed by atoms with E-state index in [4.69, 9.17) is 13.9 Å². The van der Waals surface area contributed by atoms with Crippen LogP contribution in [0.25, 0.3) is 11.0 Å². The maximum atomic E-state index is 14.8. The number of nitrogens with zero attached hydrogens (tertiary/aromatic N) is 1. The van der Waals surface area contributed by atoms with Gasteiger partial charge >= 0.3 is 0 Å². The quantitative estimate of drug-likeness (QED) is 0.783. The highest BCUT2D eigenvalue weighted by molar-refractivity contribution is 8.15. The van der Waals surface area contributed by atoms with Gasteiger partial charge in [-0.3, -0.25) is 9.69 Å². The summed E-state index contributed by atoms with van der Waals surface area (Å²) in [5.41, 5.74) is 1.86. The van der Waals surface area contributed by atoms with Crippen LogP contribution in [0, 0.1) is 12.7 Å². The Morgan fingerprint density at radius 2 is 2.16 bits per heavy atom. The monoisotopic (exact) mass is 383 g/mol. The van der Waals surface area contributed by atoms with Gasteiger partial charge in [0.05, 0.1) is 18.9 Å². The Morgan fingerprint density at radius 1 is 1.40 bits per heavy atom. The molecule has 0 aliphatic carbocycles. The van der Waals surface area contributed by atoms with Crippen LogP contribution in [-0.2, 0) is 9.47 Å². The molecule has 3 heterocycles. The molecule has 2 aliphatic heterocycles. The maximum absolute atomic E-state index is 14.8. The summed E-state index contributed by atoms with van der Waals surface area (Å²) in [5.74, 6) is 0.461. The summed E-state index contributed by atoms with van der Waals surface area (Å²) in [6.45, 7) is 3.25. The van der Waals surface area contributed by atoms with Gasteiger partial charge in [0.15, 0.2) is 17.7 Å². The van der Waals surface area contributed by atoms with Crippen LogP contribution in [0.4, 0.5) is 14.9 Å². The van der Waals surface area contributed by atoms with Gasteiger partial charge in [0.1, 0.15) is 6.26 Å². The van der Waals surface area contributed by atoms with Crippen molar-refractivity contribution in [1.82, 2.24) is 0 Å². The van der Waals surface area contributed by atoms with E-state index in [0.29, 0.717) is 42.0 Å². The van der Waals surface area contributed by atoms with E-state index in [-0.39, 0.29) is 16.1 Å². The van der Waals surface area contributed by atoms with E-state index in [1.165, 1.54) is 18.0 Å². The number of hydrogen-bond acceptors (Lipinski definition) is 6. The molecule has 1 amide bonds. The number of furan rings is 1. The lowest BCUT2D eigenvalue weighted by Gasteiger charge is -2.16. The van der Waals surface area contributed by atoms with Crippen molar-refractivity contribution in [2.75, 3.05) is 36.7 Å². The largest absolute Gasteiger partial charge is 0.459 e. The first-order chi connectivity index (χ1) is 12.1. The van der Waals surface area contributed by atoms with Crippen LogP contribution in [0.15, 0.2) is 16.7 Å². The molecule has 4 rings (SSSR count). The minimum Gasteiger partial charge on any atom is -0.459 e. The zero-order chi connectivity index (χ0) is 17.6. The van der Waals surface area contributed by atoms with Crippen LogP contribution in [0.2, 0.25) is 0 Å². The van der Waals surface area contributed by atoms with E-state index in [0.717, 1.165) is 5.75 Å². The SMILES string of the molecule is CSC[C@H]1CN(c2coc3c(F)c(C)c(C4OCCO4)cc23)C(=O)S1. The second kappa shape index (κ2) is 6.83. The standard InChI is InChI=1S/C17H18FNO4S2/c1-9-11(16-21-3-4-22-16)5-12-13(7-23-15(12)14(9)18)19-6-10(8-24-2)25-17(19)20/h5,7,10,16H,3-4,6,8H2,1-2H3/t10-/m1/s1. The lowest BCUT2D eigenvalue weighted by Crippen LogP contribution is -2.24. The molecule has 0 unspecified atom stereocenters. The molecular weight excluding hydrogens is 365 g/mol. The summed E-state index contributed by atoms with van der Waals surface area (Å²) >= 11 is 3.03. The van der Waals surface area contributed by atoms with Crippen molar-refractivity contribution in [3.05, 3.63) is 29.3 Å². The number of thioether (sulfide) groups is 2. The molecule has 2 saturated heterocycles. The molecule has 2 aliphatic rings. The predicted molar refractivity (Wildman–Crippen MR) is 98.1 cm³/mol. The average molecular weight is 383 g/mol. The van der Waals surface area contributed by atoms with Crippen LogP contribution < -0.4 is 4.90 Å². The van der Waals surface area contributed by atoms with Crippen LogP contribution in [0.5, 0.6) is 0 Å². The molecule has 8 heteroatoms. The van der Waals surface area contributed by atoms with Crippen molar-refractivity contribution in [2.45, 2.75) is 18.5 Å². The van der Waals surface area contributed by atoms with Gasteiger partial charge in [0.25, 0.3) is 5.24 Å². The fourth-order valence-electron chi connectivity index (χ4n) is 3.21. The number of ether oxygens (including phenoxy) is 2. The Labute approximate surface area is 153 Å². The summed E-state index contributed by atoms with van der Waals surface area (Å²) in [6, 6.07) is 1.82. The summed E-state index contributed by atoms with van der Waals surface area (Å²) in [5, 5.41) is 0.775. The molecule has 0 spiro atoms. The van der Waals surface area contributed by atoms with Crippen molar-refractivity contribution in [3.63, 3.8) is 0 Å². The van der Waals surface area contributed by atoms with Crippen LogP contribution >= 0.6 is 23.5 Å². The molecule has 1 atom stereocenters. The second-order valence-electron chi connectivity index (χ2n) is 6.05. The Morgan fingerprint density at radius 3 is 2.88 bits per heavy atom. The Kier molecular flexibility index (Phi) is 4.70. The van der Waals surface area contributed by atoms with Gasteiger partial charge < -0.3 is 13.9 Å². The first-order valence-corrected chi connectivity index (χ1v) is 10.3. The summed E-state index contributed by atoms with van der Waals surface area (Å²) in [6.07, 6.45) is 2.91. The number of fused-ring (bicyclic) bond motifs is 1. The van der Waals surface area contributed by atoms with Crippen LogP contribution in [0.1, 0.15) is 17.4 Å². The van der Waals surface area contributed by atoms with Crippen molar-refractivity contribution >= 4 is 45.4 Å². The number of carbonyl (C=O) groups is 1. The third-order valence-corrected chi connectivity index (χ3v) is 6.48. The summed E-state index contributed by atoms with van der Waals surface area (Å²) in [4.78, 5) is 14.1. The van der Waals surface area contributed by atoms with E-state index in [1.54, 1.807) is 23.6 Å². The second-order valence-corrected chi connectivity index (χ2v) is 8.21. The number of rotatable bonds is 4. The number of carbonyl (C=O) groups excluding carboxylic acids is 1. The van der Waals surface area contributed by atoms with Gasteiger partial charge in [-0.05, 0) is 24.8 Å². The minimum atomic E-state index is -0.574. The van der Waals surface area contributed by atoms with E-state index in [2.05, 4.69) is 0 Å². The maximum Gasteiger partial charge on any atom is 0.286 e. The number of halogens is 1. The highest BCUT2D eigenvalue weighted by atomic mass is 32.2. The first-order valence-electron chi connectivity index (χ1n) is 8.00. The molecule has 0 N–H and O–H groups in total. The fraction of sp³-hybridized carbons (Fsp3) is 0.471. The molecule has 5 nitrogen and oxygen atoms in total. The molecule has 134 valence electrons. The van der Waals surface area contributed by atoms with E-state index in [9.17, 15) is 9.18 Å². The normalized spacial score (nSPS) is 21.8. The molecule has 2 fully saturated rings. The minimum absolute atomic E-state index is 0.0300. The lowest BCUT2D eigenvalue weighted by molar-refractivity contribution is -0.0446. The predicted octanol–water partition coefficient (Wildman–Crippen LogP) is 4.33. The van der Waals surface area contributed by atoms with Gasteiger partial charge in [-0.2, -0.15) is 11.8 Å². The van der Waals surface area contributed by atoms with Gasteiger partial charge in [0, 0.05) is 28.5 Å². The molecule has 1 aromatic heterocycles. The zero-order valence-corrected chi connectivity index (χ0v) is 15.5. The molecule has 0 bridgehead atoms. The van der Waals surface area contributed by atoms with Crippen molar-refractivity contribution in [3.8, 4) is 0 Å². The van der Waals surface area contributed by atoms with E-state index >= 15 is 0 Å².